The molecule has 0 heterocycles. The number of aromatic carboxylic acids is 1. The van der Waals surface area contributed by atoms with Crippen molar-refractivity contribution >= 4 is 5.97 Å². The maximum atomic E-state index is 13.1. The summed E-state index contributed by atoms with van der Waals surface area (Å²) in [5.74, 6) is -5.61. The summed E-state index contributed by atoms with van der Waals surface area (Å²) in [4.78, 5) is 10.6. The van der Waals surface area contributed by atoms with Crippen LogP contribution in [-0.4, -0.2) is 39.6 Å². The Labute approximate surface area is 159 Å². The molecule has 0 amide bonds. The fraction of sp³-hybridized carbons (Fsp3) is 0.316. The van der Waals surface area contributed by atoms with Gasteiger partial charge in [0.1, 0.15) is 0 Å². The standard InChI is InChI=1S/C9H8F2O3.C9H10F2O2.CH4/c10-7-2-1-6(9(13)14)5(3-4-12)8(7)11;10-8-2-1-6(5-13)7(3-4-12)9(8)11;/h1-2,12H,3-4H2,(H,13,14);1-2,12-13H,3-5H2;1H4. The molecule has 0 saturated carbocycles. The summed E-state index contributed by atoms with van der Waals surface area (Å²) in [6.45, 7) is -1.06. The number of benzene rings is 2. The predicted molar refractivity (Wildman–Crippen MR) is 93.9 cm³/mol. The SMILES string of the molecule is C.O=C(O)c1ccc(F)c(F)c1CCO.OCCc1c(CO)ccc(F)c1F. The van der Waals surface area contributed by atoms with Gasteiger partial charge >= 0.3 is 5.97 Å². The van der Waals surface area contributed by atoms with Crippen molar-refractivity contribution in [2.75, 3.05) is 13.2 Å². The molecule has 0 radical (unpaired) electrons. The number of carboxylic acids is 1. The molecule has 0 atom stereocenters. The molecule has 28 heavy (non-hydrogen) atoms. The van der Waals surface area contributed by atoms with Crippen LogP contribution in [0.4, 0.5) is 17.6 Å². The fourth-order valence-corrected chi connectivity index (χ4v) is 2.31. The van der Waals surface area contributed by atoms with E-state index in [0.29, 0.717) is 5.56 Å². The molecule has 2 rings (SSSR count). The minimum absolute atomic E-state index is 0. The third-order valence-corrected chi connectivity index (χ3v) is 3.61. The summed E-state index contributed by atoms with van der Waals surface area (Å²) in [5, 5.41) is 34.6. The highest BCUT2D eigenvalue weighted by Crippen LogP contribution is 2.18. The van der Waals surface area contributed by atoms with Gasteiger partial charge in [-0.2, -0.15) is 0 Å². The lowest BCUT2D eigenvalue weighted by Crippen LogP contribution is -2.08. The number of halogens is 4. The van der Waals surface area contributed by atoms with Gasteiger partial charge in [-0.25, -0.2) is 22.4 Å². The maximum Gasteiger partial charge on any atom is 0.336 e. The number of carbonyl (C=O) groups is 1. The molecule has 2 aromatic carbocycles. The van der Waals surface area contributed by atoms with Gasteiger partial charge in [-0.1, -0.05) is 13.5 Å². The quantitative estimate of drug-likeness (QED) is 0.553. The van der Waals surface area contributed by atoms with Gasteiger partial charge in [0, 0.05) is 18.8 Å². The van der Waals surface area contributed by atoms with Crippen LogP contribution >= 0.6 is 0 Å². The molecule has 0 aliphatic rings. The number of carboxylic acid groups (broad SMARTS) is 1. The molecule has 156 valence electrons. The van der Waals surface area contributed by atoms with Gasteiger partial charge in [-0.05, 0) is 42.2 Å². The van der Waals surface area contributed by atoms with Crippen LogP contribution in [0.5, 0.6) is 0 Å². The topological polar surface area (TPSA) is 98.0 Å². The zero-order valence-electron chi connectivity index (χ0n) is 14.1. The van der Waals surface area contributed by atoms with Crippen LogP contribution < -0.4 is 0 Å². The Morgan fingerprint density at radius 2 is 1.25 bits per heavy atom. The van der Waals surface area contributed by atoms with Crippen LogP contribution in [0, 0.1) is 23.3 Å². The minimum Gasteiger partial charge on any atom is -0.478 e. The molecular weight excluding hydrogens is 384 g/mol. The Bertz CT molecular complexity index is 796. The lowest BCUT2D eigenvalue weighted by Gasteiger charge is -2.07. The number of hydrogen-bond acceptors (Lipinski definition) is 4. The number of aliphatic hydroxyl groups excluding tert-OH is 3. The molecule has 0 aliphatic heterocycles. The summed E-state index contributed by atoms with van der Waals surface area (Å²) >= 11 is 0. The molecule has 2 aromatic rings. The van der Waals surface area contributed by atoms with Gasteiger partial charge in [-0.15, -0.1) is 0 Å². The van der Waals surface area contributed by atoms with E-state index in [0.717, 1.165) is 18.2 Å². The Morgan fingerprint density at radius 3 is 1.71 bits per heavy atom. The van der Waals surface area contributed by atoms with Crippen molar-refractivity contribution in [1.82, 2.24) is 0 Å². The molecule has 0 unspecified atom stereocenters. The first-order chi connectivity index (χ1) is 12.8. The van der Waals surface area contributed by atoms with Crippen LogP contribution in [0.25, 0.3) is 0 Å². The molecule has 5 nitrogen and oxygen atoms in total. The van der Waals surface area contributed by atoms with Crippen LogP contribution in [0.15, 0.2) is 24.3 Å². The Hall–Kier alpha value is -2.49. The number of rotatable bonds is 6. The van der Waals surface area contributed by atoms with Crippen molar-refractivity contribution in [2.45, 2.75) is 26.9 Å². The Kier molecular flexibility index (Phi) is 11.0. The van der Waals surface area contributed by atoms with Crippen molar-refractivity contribution < 1.29 is 42.8 Å². The van der Waals surface area contributed by atoms with E-state index >= 15 is 0 Å². The summed E-state index contributed by atoms with van der Waals surface area (Å²) in [5.41, 5.74) is -0.268. The highest BCUT2D eigenvalue weighted by atomic mass is 19.2. The van der Waals surface area contributed by atoms with Crippen molar-refractivity contribution in [1.29, 1.82) is 0 Å². The van der Waals surface area contributed by atoms with Crippen molar-refractivity contribution in [3.8, 4) is 0 Å². The summed E-state index contributed by atoms with van der Waals surface area (Å²) < 4.78 is 51.5. The highest BCUT2D eigenvalue weighted by Gasteiger charge is 2.17. The molecule has 0 saturated heterocycles. The van der Waals surface area contributed by atoms with Crippen LogP contribution in [0.2, 0.25) is 0 Å². The molecule has 0 bridgehead atoms. The minimum atomic E-state index is -1.34. The molecular formula is C19H22F4O5. The van der Waals surface area contributed by atoms with Gasteiger partial charge in [0.05, 0.1) is 12.2 Å². The van der Waals surface area contributed by atoms with Gasteiger partial charge in [-0.3, -0.25) is 0 Å². The molecule has 9 heteroatoms. The fourth-order valence-electron chi connectivity index (χ4n) is 2.31. The van der Waals surface area contributed by atoms with E-state index in [-0.39, 0.29) is 50.2 Å². The third kappa shape index (κ3) is 6.29. The normalized spacial score (nSPS) is 9.96. The molecule has 0 aliphatic carbocycles. The van der Waals surface area contributed by atoms with E-state index in [1.807, 2.05) is 0 Å². The zero-order valence-corrected chi connectivity index (χ0v) is 14.1. The van der Waals surface area contributed by atoms with Gasteiger partial charge in [0.15, 0.2) is 23.3 Å². The Morgan fingerprint density at radius 1 is 0.786 bits per heavy atom. The Balaban J connectivity index is 0.000000504. The van der Waals surface area contributed by atoms with E-state index in [1.165, 1.54) is 6.07 Å². The van der Waals surface area contributed by atoms with Gasteiger partial charge in [0.25, 0.3) is 0 Å². The summed E-state index contributed by atoms with van der Waals surface area (Å²) in [6.07, 6.45) is -0.204. The van der Waals surface area contributed by atoms with E-state index < -0.39 is 35.8 Å². The smallest absolute Gasteiger partial charge is 0.336 e. The van der Waals surface area contributed by atoms with E-state index in [4.69, 9.17) is 20.4 Å². The van der Waals surface area contributed by atoms with Gasteiger partial charge in [0.2, 0.25) is 0 Å². The lowest BCUT2D eigenvalue weighted by atomic mass is 10.0. The monoisotopic (exact) mass is 406 g/mol. The van der Waals surface area contributed by atoms with Crippen LogP contribution in [-0.2, 0) is 19.4 Å². The maximum absolute atomic E-state index is 13.1. The first kappa shape index (κ1) is 25.5. The van der Waals surface area contributed by atoms with Crippen LogP contribution in [0.3, 0.4) is 0 Å². The second-order valence-corrected chi connectivity index (χ2v) is 5.30. The van der Waals surface area contributed by atoms with E-state index in [1.54, 1.807) is 0 Å². The first-order valence-electron chi connectivity index (χ1n) is 7.76. The van der Waals surface area contributed by atoms with Crippen molar-refractivity contribution in [2.24, 2.45) is 0 Å². The average Bonchev–Trinajstić information content (AvgIpc) is 2.64. The highest BCUT2D eigenvalue weighted by molar-refractivity contribution is 5.89. The van der Waals surface area contributed by atoms with Crippen LogP contribution in [0.1, 0.15) is 34.5 Å². The number of aliphatic hydroxyl groups is 3. The summed E-state index contributed by atoms with van der Waals surface area (Å²) in [7, 11) is 0. The van der Waals surface area contributed by atoms with Gasteiger partial charge < -0.3 is 20.4 Å². The lowest BCUT2D eigenvalue weighted by molar-refractivity contribution is 0.0694. The average molecular weight is 406 g/mol. The predicted octanol–water partition coefficient (Wildman–Crippen LogP) is 2.83. The second kappa shape index (κ2) is 12.1. The zero-order chi connectivity index (χ0) is 20.6. The van der Waals surface area contributed by atoms with Crippen molar-refractivity contribution in [3.63, 3.8) is 0 Å². The largest absolute Gasteiger partial charge is 0.478 e. The third-order valence-electron chi connectivity index (χ3n) is 3.61. The number of hydrogen-bond donors (Lipinski definition) is 4. The first-order valence-corrected chi connectivity index (χ1v) is 7.76. The molecule has 4 N–H and O–H groups in total. The van der Waals surface area contributed by atoms with E-state index in [2.05, 4.69) is 0 Å². The summed E-state index contributed by atoms with van der Waals surface area (Å²) in [6, 6.07) is 4.00. The molecule has 0 fully saturated rings. The van der Waals surface area contributed by atoms with Crippen molar-refractivity contribution in [3.05, 3.63) is 69.8 Å². The van der Waals surface area contributed by atoms with E-state index in [9.17, 15) is 22.4 Å². The molecule has 0 aromatic heterocycles. The second-order valence-electron chi connectivity index (χ2n) is 5.30. The molecule has 0 spiro atoms.